The number of thioether (sulfide) groups is 1. The first-order chi connectivity index (χ1) is 14.5. The first-order valence-electron chi connectivity index (χ1n) is 9.36. The van der Waals surface area contributed by atoms with Crippen molar-refractivity contribution >= 4 is 29.3 Å². The van der Waals surface area contributed by atoms with Crippen LogP contribution in [0.1, 0.15) is 30.2 Å². The van der Waals surface area contributed by atoms with Gasteiger partial charge in [-0.2, -0.15) is 0 Å². The van der Waals surface area contributed by atoms with Crippen molar-refractivity contribution in [1.82, 2.24) is 20.1 Å². The van der Waals surface area contributed by atoms with E-state index in [1.165, 1.54) is 11.8 Å². The molecule has 1 aromatic carbocycles. The third kappa shape index (κ3) is 5.67. The number of amides is 1. The molecule has 0 bridgehead atoms. The van der Waals surface area contributed by atoms with Gasteiger partial charge >= 0.3 is 0 Å². The molecule has 158 valence electrons. The number of carbonyl (C=O) groups is 1. The highest BCUT2D eigenvalue weighted by Gasteiger charge is 2.20. The van der Waals surface area contributed by atoms with Gasteiger partial charge < -0.3 is 14.5 Å². The molecule has 0 aliphatic carbocycles. The van der Waals surface area contributed by atoms with Gasteiger partial charge in [0.05, 0.1) is 23.6 Å². The summed E-state index contributed by atoms with van der Waals surface area (Å²) in [4.78, 5) is 12.1. The molecule has 2 heterocycles. The third-order valence-corrected chi connectivity index (χ3v) is 5.46. The van der Waals surface area contributed by atoms with Crippen LogP contribution in [0.4, 0.5) is 0 Å². The zero-order chi connectivity index (χ0) is 21.5. The zero-order valence-corrected chi connectivity index (χ0v) is 18.4. The van der Waals surface area contributed by atoms with Crippen molar-refractivity contribution in [2.45, 2.75) is 38.2 Å². The monoisotopic (exact) mass is 446 g/mol. The minimum Gasteiger partial charge on any atom is -0.481 e. The maximum Gasteiger partial charge on any atom is 0.230 e. The number of carbonyl (C=O) groups excluding carboxylic acids is 1. The Bertz CT molecular complexity index is 1000. The van der Waals surface area contributed by atoms with Crippen molar-refractivity contribution in [3.05, 3.63) is 71.4 Å². The van der Waals surface area contributed by atoms with Crippen molar-refractivity contribution in [3.63, 3.8) is 0 Å². The average molecular weight is 447 g/mol. The third-order valence-electron chi connectivity index (χ3n) is 4.18. The van der Waals surface area contributed by atoms with Crippen molar-refractivity contribution in [3.8, 4) is 5.75 Å². The number of hydrogen-bond donors (Lipinski definition) is 1. The van der Waals surface area contributed by atoms with Crippen molar-refractivity contribution in [2.75, 3.05) is 5.75 Å². The van der Waals surface area contributed by atoms with E-state index in [9.17, 15) is 4.79 Å². The molecule has 0 fully saturated rings. The van der Waals surface area contributed by atoms with E-state index < -0.39 is 0 Å². The first-order valence-corrected chi connectivity index (χ1v) is 10.7. The molecule has 0 spiro atoms. The van der Waals surface area contributed by atoms with Crippen LogP contribution in [0.5, 0.6) is 5.75 Å². The summed E-state index contributed by atoms with van der Waals surface area (Å²) >= 11 is 7.55. The van der Waals surface area contributed by atoms with E-state index in [1.807, 2.05) is 36.6 Å². The molecule has 0 radical (unpaired) electrons. The van der Waals surface area contributed by atoms with E-state index >= 15 is 0 Å². The van der Waals surface area contributed by atoms with Crippen LogP contribution in [0.15, 0.2) is 58.8 Å². The van der Waals surface area contributed by atoms with Crippen LogP contribution < -0.4 is 10.1 Å². The molecule has 2 aromatic heterocycles. The largest absolute Gasteiger partial charge is 0.481 e. The molecule has 1 amide bonds. The maximum atomic E-state index is 12.1. The number of rotatable bonds is 10. The number of aromatic nitrogens is 3. The lowest BCUT2D eigenvalue weighted by Crippen LogP contribution is -2.24. The molecule has 1 atom stereocenters. The Labute approximate surface area is 184 Å². The second kappa shape index (κ2) is 10.4. The number of halogens is 1. The van der Waals surface area contributed by atoms with Crippen LogP contribution in [0.3, 0.4) is 0 Å². The molecular weight excluding hydrogens is 424 g/mol. The van der Waals surface area contributed by atoms with Crippen LogP contribution in [0, 0.1) is 6.92 Å². The SMILES string of the molecule is C=CCn1c(SCC(=O)NCc2ccco2)nnc1C(C)Oc1cc(C)ccc1Cl. The standard InChI is InChI=1S/C21H23ClN4O3S/c1-4-9-26-20(15(3)29-18-11-14(2)7-8-17(18)22)24-25-21(26)30-13-19(27)23-12-16-6-5-10-28-16/h4-8,10-11,15H,1,9,12-13H2,2-3H3,(H,23,27). The summed E-state index contributed by atoms with van der Waals surface area (Å²) in [5.74, 6) is 2.00. The van der Waals surface area contributed by atoms with Crippen molar-refractivity contribution in [1.29, 1.82) is 0 Å². The van der Waals surface area contributed by atoms with Gasteiger partial charge in [0.2, 0.25) is 5.91 Å². The average Bonchev–Trinajstić information content (AvgIpc) is 3.38. The molecule has 1 unspecified atom stereocenters. The van der Waals surface area contributed by atoms with Gasteiger partial charge in [-0.3, -0.25) is 9.36 Å². The molecular formula is C21H23ClN4O3S. The molecule has 3 aromatic rings. The highest BCUT2D eigenvalue weighted by Crippen LogP contribution is 2.30. The molecule has 1 N–H and O–H groups in total. The molecule has 0 aliphatic heterocycles. The number of benzene rings is 1. The first kappa shape index (κ1) is 22.0. The summed E-state index contributed by atoms with van der Waals surface area (Å²) in [6.07, 6.45) is 2.93. The molecule has 9 heteroatoms. The van der Waals surface area contributed by atoms with Crippen LogP contribution in [0.2, 0.25) is 5.02 Å². The predicted molar refractivity (Wildman–Crippen MR) is 117 cm³/mol. The smallest absolute Gasteiger partial charge is 0.230 e. The van der Waals surface area contributed by atoms with E-state index in [4.69, 9.17) is 20.8 Å². The second-order valence-corrected chi connectivity index (χ2v) is 7.93. The molecule has 3 rings (SSSR count). The van der Waals surface area contributed by atoms with Crippen molar-refractivity contribution < 1.29 is 13.9 Å². The lowest BCUT2D eigenvalue weighted by atomic mass is 10.2. The van der Waals surface area contributed by atoms with Crippen molar-refractivity contribution in [2.24, 2.45) is 0 Å². The lowest BCUT2D eigenvalue weighted by Gasteiger charge is -2.17. The molecule has 0 aliphatic rings. The van der Waals surface area contributed by atoms with E-state index in [0.717, 1.165) is 5.56 Å². The summed E-state index contributed by atoms with van der Waals surface area (Å²) in [5, 5.41) is 12.5. The topological polar surface area (TPSA) is 82.2 Å². The zero-order valence-electron chi connectivity index (χ0n) is 16.8. The fraction of sp³-hybridized carbons (Fsp3) is 0.286. The van der Waals surface area contributed by atoms with Gasteiger partial charge in [0.15, 0.2) is 17.1 Å². The number of aryl methyl sites for hydroxylation is 1. The van der Waals surface area contributed by atoms with Gasteiger partial charge in [0.25, 0.3) is 0 Å². The lowest BCUT2D eigenvalue weighted by molar-refractivity contribution is -0.118. The Kier molecular flexibility index (Phi) is 7.59. The second-order valence-electron chi connectivity index (χ2n) is 6.58. The van der Waals surface area contributed by atoms with Gasteiger partial charge in [0.1, 0.15) is 11.5 Å². The van der Waals surface area contributed by atoms with Gasteiger partial charge in [-0.15, -0.1) is 16.8 Å². The highest BCUT2D eigenvalue weighted by molar-refractivity contribution is 7.99. The number of allylic oxidation sites excluding steroid dienone is 1. The Balaban J connectivity index is 1.65. The van der Waals surface area contributed by atoms with Gasteiger partial charge in [-0.05, 0) is 43.7 Å². The minimum atomic E-state index is -0.390. The van der Waals surface area contributed by atoms with Crippen LogP contribution >= 0.6 is 23.4 Å². The van der Waals surface area contributed by atoms with Crippen LogP contribution in [-0.4, -0.2) is 26.4 Å². The molecule has 0 saturated heterocycles. The molecule has 0 saturated carbocycles. The number of ether oxygens (including phenoxy) is 1. The van der Waals surface area contributed by atoms with E-state index in [0.29, 0.717) is 40.6 Å². The molecule has 7 nitrogen and oxygen atoms in total. The van der Waals surface area contributed by atoms with Gasteiger partial charge in [-0.25, -0.2) is 0 Å². The van der Waals surface area contributed by atoms with Crippen LogP contribution in [-0.2, 0) is 17.9 Å². The van der Waals surface area contributed by atoms with Gasteiger partial charge in [-0.1, -0.05) is 35.5 Å². The van der Waals surface area contributed by atoms with E-state index in [1.54, 1.807) is 24.5 Å². The summed E-state index contributed by atoms with van der Waals surface area (Å²) in [7, 11) is 0. The quantitative estimate of drug-likeness (QED) is 0.363. The Morgan fingerprint density at radius 1 is 1.43 bits per heavy atom. The maximum absolute atomic E-state index is 12.1. The van der Waals surface area contributed by atoms with Crippen LogP contribution in [0.25, 0.3) is 0 Å². The number of nitrogens with zero attached hydrogens (tertiary/aromatic N) is 3. The normalized spacial score (nSPS) is 11.8. The number of hydrogen-bond acceptors (Lipinski definition) is 6. The number of furan rings is 1. The number of nitrogens with one attached hydrogen (secondary N) is 1. The van der Waals surface area contributed by atoms with E-state index in [2.05, 4.69) is 22.1 Å². The summed E-state index contributed by atoms with van der Waals surface area (Å²) < 4.78 is 13.1. The van der Waals surface area contributed by atoms with E-state index in [-0.39, 0.29) is 17.8 Å². The van der Waals surface area contributed by atoms with Gasteiger partial charge in [0, 0.05) is 6.54 Å². The Morgan fingerprint density at radius 2 is 2.27 bits per heavy atom. The highest BCUT2D eigenvalue weighted by atomic mass is 35.5. The Hall–Kier alpha value is -2.71. The minimum absolute atomic E-state index is 0.123. The summed E-state index contributed by atoms with van der Waals surface area (Å²) in [6.45, 7) is 8.50. The fourth-order valence-corrected chi connectivity index (χ4v) is 3.68. The fourth-order valence-electron chi connectivity index (χ4n) is 2.73. The Morgan fingerprint density at radius 3 is 3.00 bits per heavy atom. The summed E-state index contributed by atoms with van der Waals surface area (Å²) in [5.41, 5.74) is 1.05. The predicted octanol–water partition coefficient (Wildman–Crippen LogP) is 4.57. The summed E-state index contributed by atoms with van der Waals surface area (Å²) in [6, 6.07) is 9.19. The molecule has 30 heavy (non-hydrogen) atoms.